The average molecular weight is 282 g/mol. The van der Waals surface area contributed by atoms with Crippen molar-refractivity contribution in [3.8, 4) is 0 Å². The molecule has 0 aromatic heterocycles. The summed E-state index contributed by atoms with van der Waals surface area (Å²) in [5.74, 6) is 2.95. The molecule has 19 heavy (non-hydrogen) atoms. The Morgan fingerprint density at radius 3 is 2.74 bits per heavy atom. The third-order valence-electron chi connectivity index (χ3n) is 4.53. The zero-order valence-corrected chi connectivity index (χ0v) is 13.9. The molecule has 1 saturated heterocycles. The fourth-order valence-corrected chi connectivity index (χ4v) is 4.15. The number of nitrogens with zero attached hydrogens (tertiary/aromatic N) is 1. The summed E-state index contributed by atoms with van der Waals surface area (Å²) >= 11 is 1.91. The molecule has 1 N–H and O–H groups in total. The van der Waals surface area contributed by atoms with Crippen molar-refractivity contribution in [2.45, 2.75) is 65.8 Å². The Morgan fingerprint density at radius 1 is 1.26 bits per heavy atom. The summed E-state index contributed by atoms with van der Waals surface area (Å²) in [5.41, 5.74) is 0.334. The maximum Gasteiger partial charge on any atom is 0.156 e. The van der Waals surface area contributed by atoms with Crippen molar-refractivity contribution in [3.05, 3.63) is 0 Å². The molecule has 1 heterocycles. The summed E-state index contributed by atoms with van der Waals surface area (Å²) in [7, 11) is 0. The lowest BCUT2D eigenvalue weighted by Gasteiger charge is -2.35. The number of amidine groups is 1. The van der Waals surface area contributed by atoms with E-state index in [1.165, 1.54) is 43.0 Å². The van der Waals surface area contributed by atoms with E-state index in [1.807, 2.05) is 11.8 Å². The molecule has 1 aliphatic carbocycles. The summed E-state index contributed by atoms with van der Waals surface area (Å²) < 4.78 is 0. The summed E-state index contributed by atoms with van der Waals surface area (Å²) in [6.07, 6.45) is 6.85. The van der Waals surface area contributed by atoms with Crippen LogP contribution in [0.5, 0.6) is 0 Å². The number of thioether (sulfide) groups is 1. The molecule has 0 bridgehead atoms. The van der Waals surface area contributed by atoms with E-state index in [2.05, 4.69) is 33.0 Å². The van der Waals surface area contributed by atoms with Crippen LogP contribution in [-0.2, 0) is 0 Å². The molecule has 3 heteroatoms. The lowest BCUT2D eigenvalue weighted by molar-refractivity contribution is 0.284. The van der Waals surface area contributed by atoms with Gasteiger partial charge in [0.05, 0.1) is 0 Å². The van der Waals surface area contributed by atoms with E-state index in [9.17, 15) is 0 Å². The van der Waals surface area contributed by atoms with Gasteiger partial charge in [-0.3, -0.25) is 4.99 Å². The second-order valence-corrected chi connectivity index (χ2v) is 8.57. The third kappa shape index (κ3) is 4.70. The summed E-state index contributed by atoms with van der Waals surface area (Å²) in [6.45, 7) is 10.4. The molecule has 0 spiro atoms. The van der Waals surface area contributed by atoms with Gasteiger partial charge in [0.15, 0.2) is 5.17 Å². The molecule has 3 atom stereocenters. The molecule has 0 amide bonds. The third-order valence-corrected chi connectivity index (χ3v) is 5.49. The van der Waals surface area contributed by atoms with Crippen LogP contribution in [0.2, 0.25) is 0 Å². The van der Waals surface area contributed by atoms with Crippen LogP contribution in [0.3, 0.4) is 0 Å². The first-order chi connectivity index (χ1) is 8.95. The van der Waals surface area contributed by atoms with Gasteiger partial charge in [-0.1, -0.05) is 52.3 Å². The number of rotatable bonds is 2. The molecule has 0 aromatic carbocycles. The molecule has 0 aromatic rings. The predicted molar refractivity (Wildman–Crippen MR) is 86.9 cm³/mol. The smallest absolute Gasteiger partial charge is 0.156 e. The maximum absolute atomic E-state index is 4.87. The van der Waals surface area contributed by atoms with Gasteiger partial charge in [-0.05, 0) is 36.5 Å². The van der Waals surface area contributed by atoms with Gasteiger partial charge in [-0.25, -0.2) is 0 Å². The van der Waals surface area contributed by atoms with Gasteiger partial charge in [0.25, 0.3) is 0 Å². The van der Waals surface area contributed by atoms with Crippen molar-refractivity contribution in [1.29, 1.82) is 0 Å². The Bertz CT molecular complexity index is 319. The second kappa shape index (κ2) is 6.51. The Hall–Kier alpha value is -0.180. The average Bonchev–Trinajstić information content (AvgIpc) is 2.36. The van der Waals surface area contributed by atoms with Crippen molar-refractivity contribution >= 4 is 16.9 Å². The van der Waals surface area contributed by atoms with Crippen molar-refractivity contribution in [2.24, 2.45) is 22.2 Å². The van der Waals surface area contributed by atoms with Crippen molar-refractivity contribution < 1.29 is 0 Å². The highest BCUT2D eigenvalue weighted by molar-refractivity contribution is 8.13. The fraction of sp³-hybridized carbons (Fsp3) is 0.938. The zero-order chi connectivity index (χ0) is 13.9. The molecule has 2 aliphatic rings. The van der Waals surface area contributed by atoms with E-state index in [-0.39, 0.29) is 0 Å². The minimum absolute atomic E-state index is 0.334. The van der Waals surface area contributed by atoms with E-state index in [0.29, 0.717) is 11.5 Å². The Labute approximate surface area is 123 Å². The lowest BCUT2D eigenvalue weighted by atomic mass is 9.82. The molecule has 1 aliphatic heterocycles. The molecular weight excluding hydrogens is 252 g/mol. The van der Waals surface area contributed by atoms with Crippen LogP contribution in [0.1, 0.15) is 59.8 Å². The quantitative estimate of drug-likeness (QED) is 0.816. The molecule has 2 rings (SSSR count). The highest BCUT2D eigenvalue weighted by Gasteiger charge is 2.28. The molecule has 1 saturated carbocycles. The van der Waals surface area contributed by atoms with Gasteiger partial charge in [-0.2, -0.15) is 0 Å². The van der Waals surface area contributed by atoms with E-state index in [0.717, 1.165) is 18.4 Å². The summed E-state index contributed by atoms with van der Waals surface area (Å²) in [5, 5.41) is 4.86. The van der Waals surface area contributed by atoms with Crippen LogP contribution in [0.25, 0.3) is 0 Å². The molecular formula is C16H30N2S. The van der Waals surface area contributed by atoms with Crippen molar-refractivity contribution in [2.75, 3.05) is 12.3 Å². The number of hydrogen-bond donors (Lipinski definition) is 1. The van der Waals surface area contributed by atoms with Crippen LogP contribution in [-0.4, -0.2) is 23.5 Å². The molecule has 2 fully saturated rings. The number of nitrogens with one attached hydrogen (secondary N) is 1. The van der Waals surface area contributed by atoms with Gasteiger partial charge in [-0.15, -0.1) is 0 Å². The monoisotopic (exact) mass is 282 g/mol. The molecule has 3 unspecified atom stereocenters. The van der Waals surface area contributed by atoms with E-state index < -0.39 is 0 Å². The Morgan fingerprint density at radius 2 is 2.05 bits per heavy atom. The molecule has 0 radical (unpaired) electrons. The largest absolute Gasteiger partial charge is 0.362 e. The van der Waals surface area contributed by atoms with Gasteiger partial charge in [0.2, 0.25) is 0 Å². The topological polar surface area (TPSA) is 24.4 Å². The Kier molecular flexibility index (Phi) is 5.22. The Balaban J connectivity index is 1.85. The standard InChI is InChI=1S/C16H30N2S/c1-12-6-5-7-13(10-12)11-17-15-18-14(8-9-19-15)16(2,3)4/h12-14H,5-11H2,1-4H3,(H,17,18). The van der Waals surface area contributed by atoms with Gasteiger partial charge < -0.3 is 5.32 Å². The highest BCUT2D eigenvalue weighted by Crippen LogP contribution is 2.30. The number of aliphatic imine (C=N–C) groups is 1. The first-order valence-corrected chi connectivity index (χ1v) is 8.87. The van der Waals surface area contributed by atoms with E-state index >= 15 is 0 Å². The van der Waals surface area contributed by atoms with Gasteiger partial charge >= 0.3 is 0 Å². The molecule has 2 nitrogen and oxygen atoms in total. The van der Waals surface area contributed by atoms with Crippen LogP contribution in [0.4, 0.5) is 0 Å². The minimum Gasteiger partial charge on any atom is -0.362 e. The van der Waals surface area contributed by atoms with Crippen molar-refractivity contribution in [3.63, 3.8) is 0 Å². The second-order valence-electron chi connectivity index (χ2n) is 7.48. The first-order valence-electron chi connectivity index (χ1n) is 7.89. The normalized spacial score (nSPS) is 35.2. The van der Waals surface area contributed by atoms with E-state index in [4.69, 9.17) is 4.99 Å². The highest BCUT2D eigenvalue weighted by atomic mass is 32.2. The van der Waals surface area contributed by atoms with Crippen LogP contribution in [0, 0.1) is 17.3 Å². The van der Waals surface area contributed by atoms with Gasteiger partial charge in [0.1, 0.15) is 0 Å². The van der Waals surface area contributed by atoms with E-state index in [1.54, 1.807) is 0 Å². The van der Waals surface area contributed by atoms with Crippen LogP contribution in [0.15, 0.2) is 4.99 Å². The summed E-state index contributed by atoms with van der Waals surface area (Å²) in [4.78, 5) is 4.87. The fourth-order valence-electron chi connectivity index (χ4n) is 3.21. The van der Waals surface area contributed by atoms with Crippen molar-refractivity contribution in [1.82, 2.24) is 5.32 Å². The lowest BCUT2D eigenvalue weighted by Crippen LogP contribution is -2.46. The van der Waals surface area contributed by atoms with Crippen LogP contribution < -0.4 is 5.32 Å². The zero-order valence-electron chi connectivity index (χ0n) is 13.0. The first kappa shape index (κ1) is 15.2. The number of hydrogen-bond acceptors (Lipinski definition) is 2. The van der Waals surface area contributed by atoms with Gasteiger partial charge in [0, 0.05) is 18.3 Å². The maximum atomic E-state index is 4.87. The summed E-state index contributed by atoms with van der Waals surface area (Å²) in [6, 6.07) is 0.581. The SMILES string of the molecule is CC1CCCC(CN=C2NC(C(C)(C)C)CCS2)C1. The van der Waals surface area contributed by atoms with Crippen LogP contribution >= 0.6 is 11.8 Å². The predicted octanol–water partition coefficient (Wildman–Crippen LogP) is 4.31. The molecule has 110 valence electrons. The minimum atomic E-state index is 0.334.